The molecule has 4 nitrogen and oxygen atoms in total. The molecular weight excluding hydrogens is 338 g/mol. The van der Waals surface area contributed by atoms with Gasteiger partial charge in [-0.1, -0.05) is 91.0 Å². The van der Waals surface area contributed by atoms with Gasteiger partial charge in [-0.15, -0.1) is 0 Å². The normalized spacial score (nSPS) is 11.8. The topological polar surface area (TPSA) is 83.5 Å². The lowest BCUT2D eigenvalue weighted by molar-refractivity contribution is -0.134. The largest absolute Gasteiger partial charge is 0.481 e. The smallest absolute Gasteiger partial charge is 0.300 e. The molecule has 0 saturated heterocycles. The molecule has 0 aromatic heterocycles. The van der Waals surface area contributed by atoms with Gasteiger partial charge in [0.25, 0.3) is 5.97 Å². The highest BCUT2D eigenvalue weighted by Crippen LogP contribution is 2.33. The molecule has 3 aromatic carbocycles. The molecule has 3 rings (SSSR count). The molecule has 0 radical (unpaired) electrons. The van der Waals surface area contributed by atoms with Gasteiger partial charge in [0.2, 0.25) is 0 Å². The van der Waals surface area contributed by atoms with Crippen molar-refractivity contribution in [2.24, 2.45) is 5.73 Å². The Labute approximate surface area is 159 Å². The van der Waals surface area contributed by atoms with Crippen molar-refractivity contribution in [3.8, 4) is 0 Å². The molecular formula is C23H25NO3. The zero-order valence-corrected chi connectivity index (χ0v) is 15.3. The second-order valence-corrected chi connectivity index (χ2v) is 6.31. The van der Waals surface area contributed by atoms with Crippen LogP contribution in [0.3, 0.4) is 0 Å². The van der Waals surface area contributed by atoms with Crippen molar-refractivity contribution in [1.82, 2.24) is 0 Å². The maximum absolute atomic E-state index is 11.6. The first kappa shape index (κ1) is 20.4. The first-order valence-electron chi connectivity index (χ1n) is 8.77. The minimum atomic E-state index is -1.22. The lowest BCUT2D eigenvalue weighted by atomic mass is 9.78. The average Bonchev–Trinajstić information content (AvgIpc) is 2.69. The molecule has 0 unspecified atom stereocenters. The van der Waals surface area contributed by atoms with Crippen LogP contribution in [-0.2, 0) is 16.8 Å². The summed E-state index contributed by atoms with van der Waals surface area (Å²) in [4.78, 5) is 9.00. The van der Waals surface area contributed by atoms with Crippen LogP contribution in [0.1, 0.15) is 23.6 Å². The summed E-state index contributed by atoms with van der Waals surface area (Å²) in [5.41, 5.74) is 8.02. The highest BCUT2D eigenvalue weighted by atomic mass is 16.4. The fraction of sp³-hybridized carbons (Fsp3) is 0.174. The first-order chi connectivity index (χ1) is 12.9. The average molecular weight is 363 g/mol. The number of hydrogen-bond acceptors (Lipinski definition) is 3. The van der Waals surface area contributed by atoms with Crippen LogP contribution in [0.2, 0.25) is 0 Å². The fourth-order valence-electron chi connectivity index (χ4n) is 3.00. The van der Waals surface area contributed by atoms with E-state index >= 15 is 0 Å². The van der Waals surface area contributed by atoms with Gasteiger partial charge in [-0.3, -0.25) is 4.79 Å². The molecule has 3 aromatic rings. The first-order valence-corrected chi connectivity index (χ1v) is 8.77. The molecule has 0 aliphatic rings. The van der Waals surface area contributed by atoms with Crippen molar-refractivity contribution in [2.75, 3.05) is 0 Å². The van der Waals surface area contributed by atoms with E-state index in [1.165, 1.54) is 0 Å². The highest BCUT2D eigenvalue weighted by molar-refractivity contribution is 5.62. The van der Waals surface area contributed by atoms with E-state index in [2.05, 4.69) is 0 Å². The highest BCUT2D eigenvalue weighted by Gasteiger charge is 2.37. The summed E-state index contributed by atoms with van der Waals surface area (Å²) in [7, 11) is 0. The van der Waals surface area contributed by atoms with Gasteiger partial charge >= 0.3 is 0 Å². The summed E-state index contributed by atoms with van der Waals surface area (Å²) in [6.45, 7) is 1.08. The Hall–Kier alpha value is -2.95. The zero-order valence-electron chi connectivity index (χ0n) is 15.3. The van der Waals surface area contributed by atoms with Gasteiger partial charge in [0.15, 0.2) is 0 Å². The molecule has 140 valence electrons. The van der Waals surface area contributed by atoms with Gasteiger partial charge in [-0.2, -0.15) is 0 Å². The van der Waals surface area contributed by atoms with Gasteiger partial charge in [0.1, 0.15) is 5.60 Å². The molecule has 0 amide bonds. The van der Waals surface area contributed by atoms with Crippen molar-refractivity contribution in [1.29, 1.82) is 0 Å². The Balaban J connectivity index is 0.000000596. The second kappa shape index (κ2) is 9.67. The maximum atomic E-state index is 11.6. The Morgan fingerprint density at radius 2 is 1.19 bits per heavy atom. The number of hydrogen-bond donors (Lipinski definition) is 3. The van der Waals surface area contributed by atoms with Gasteiger partial charge < -0.3 is 15.9 Å². The quantitative estimate of drug-likeness (QED) is 0.647. The molecule has 0 aliphatic heterocycles. The fourth-order valence-corrected chi connectivity index (χ4v) is 3.00. The Kier molecular flexibility index (Phi) is 7.29. The molecule has 1 atom stereocenters. The van der Waals surface area contributed by atoms with Gasteiger partial charge in [0.05, 0.1) is 0 Å². The zero-order chi connectivity index (χ0) is 19.7. The molecule has 0 heterocycles. The molecule has 0 aliphatic carbocycles. The van der Waals surface area contributed by atoms with Crippen LogP contribution in [0.25, 0.3) is 0 Å². The predicted octanol–water partition coefficient (Wildman–Crippen LogP) is 3.58. The summed E-state index contributed by atoms with van der Waals surface area (Å²) in [5, 5.41) is 19.0. The third-order valence-electron chi connectivity index (χ3n) is 4.26. The van der Waals surface area contributed by atoms with E-state index in [-0.39, 0.29) is 0 Å². The van der Waals surface area contributed by atoms with E-state index in [1.54, 1.807) is 0 Å². The molecule has 0 bridgehead atoms. The summed E-state index contributed by atoms with van der Waals surface area (Å²) in [6.07, 6.45) is 0.598. The van der Waals surface area contributed by atoms with Crippen LogP contribution >= 0.6 is 0 Å². The van der Waals surface area contributed by atoms with Crippen LogP contribution in [0, 0.1) is 0 Å². The van der Waals surface area contributed by atoms with Crippen LogP contribution in [0.15, 0.2) is 91.0 Å². The number of aliphatic carboxylic acids is 1. The number of nitrogens with two attached hydrogens (primary N) is 1. The van der Waals surface area contributed by atoms with Crippen molar-refractivity contribution in [2.45, 2.75) is 25.0 Å². The third kappa shape index (κ3) is 5.51. The molecule has 0 saturated carbocycles. The Bertz CT molecular complexity index is 777. The summed E-state index contributed by atoms with van der Waals surface area (Å²) in [6, 6.07) is 28.9. The minimum absolute atomic E-state index is 0.449. The lowest BCUT2D eigenvalue weighted by Gasteiger charge is -2.35. The molecule has 0 spiro atoms. The number of carboxylic acids is 1. The van der Waals surface area contributed by atoms with Gasteiger partial charge in [-0.05, 0) is 23.1 Å². The van der Waals surface area contributed by atoms with Crippen molar-refractivity contribution < 1.29 is 15.0 Å². The summed E-state index contributed by atoms with van der Waals surface area (Å²) < 4.78 is 0. The second-order valence-electron chi connectivity index (χ2n) is 6.31. The monoisotopic (exact) mass is 363 g/mol. The number of rotatable bonds is 5. The van der Waals surface area contributed by atoms with Gasteiger partial charge in [-0.25, -0.2) is 0 Å². The lowest BCUT2D eigenvalue weighted by Crippen LogP contribution is -2.47. The van der Waals surface area contributed by atoms with Crippen LogP contribution in [-0.4, -0.2) is 22.2 Å². The number of benzene rings is 3. The van der Waals surface area contributed by atoms with E-state index in [4.69, 9.17) is 15.6 Å². The van der Waals surface area contributed by atoms with Crippen LogP contribution in [0.4, 0.5) is 0 Å². The van der Waals surface area contributed by atoms with Crippen molar-refractivity contribution in [3.63, 3.8) is 0 Å². The molecule has 27 heavy (non-hydrogen) atoms. The Morgan fingerprint density at radius 3 is 1.56 bits per heavy atom. The predicted molar refractivity (Wildman–Crippen MR) is 107 cm³/mol. The minimum Gasteiger partial charge on any atom is -0.481 e. The van der Waals surface area contributed by atoms with E-state index in [0.29, 0.717) is 6.42 Å². The van der Waals surface area contributed by atoms with Gasteiger partial charge in [0, 0.05) is 13.0 Å². The number of aliphatic hydroxyl groups is 1. The van der Waals surface area contributed by atoms with Crippen molar-refractivity contribution >= 4 is 5.97 Å². The summed E-state index contributed by atoms with van der Waals surface area (Å²) in [5.74, 6) is -0.833. The third-order valence-corrected chi connectivity index (χ3v) is 4.26. The van der Waals surface area contributed by atoms with E-state index < -0.39 is 17.6 Å². The maximum Gasteiger partial charge on any atom is 0.300 e. The van der Waals surface area contributed by atoms with E-state index in [9.17, 15) is 5.11 Å². The Morgan fingerprint density at radius 1 is 0.852 bits per heavy atom. The van der Waals surface area contributed by atoms with Crippen LogP contribution in [0.5, 0.6) is 0 Å². The molecule has 4 heteroatoms. The molecule has 4 N–H and O–H groups in total. The SMILES string of the molecule is CC(=O)O.N[C@H](Cc1ccccc1)C(O)(c1ccccc1)c1ccccc1. The number of carboxylic acid groups (broad SMARTS) is 1. The van der Waals surface area contributed by atoms with E-state index in [0.717, 1.165) is 23.6 Å². The van der Waals surface area contributed by atoms with Crippen LogP contribution < -0.4 is 5.73 Å². The summed E-state index contributed by atoms with van der Waals surface area (Å²) >= 11 is 0. The molecule has 0 fully saturated rings. The number of carbonyl (C=O) groups is 1. The van der Waals surface area contributed by atoms with E-state index in [1.807, 2.05) is 91.0 Å². The standard InChI is InChI=1S/C21H21NO.C2H4O2/c22-20(16-17-10-4-1-5-11-17)21(23,18-12-6-2-7-13-18)19-14-8-3-9-15-19;1-2(3)4/h1-15,20,23H,16,22H2;1H3,(H,3,4)/t20-;/m1./s1. The van der Waals surface area contributed by atoms with Crippen molar-refractivity contribution in [3.05, 3.63) is 108 Å².